The fraction of sp³-hybridized carbons (Fsp3) is 0.909. The van der Waals surface area contributed by atoms with Gasteiger partial charge in [0.2, 0.25) is 0 Å². The van der Waals surface area contributed by atoms with E-state index in [2.05, 4.69) is 10.1 Å². The summed E-state index contributed by atoms with van der Waals surface area (Å²) in [4.78, 5) is 11.5. The molecule has 0 amide bonds. The van der Waals surface area contributed by atoms with Crippen LogP contribution in [0.2, 0.25) is 0 Å². The van der Waals surface area contributed by atoms with Gasteiger partial charge in [0.05, 0.1) is 5.92 Å². The molecule has 0 spiro atoms. The number of nitrogens with one attached hydrogen (secondary N) is 1. The number of carbonyl (C=O) groups excluding carboxylic acids is 1. The van der Waals surface area contributed by atoms with Crippen molar-refractivity contribution >= 4 is 5.97 Å². The molecule has 1 aliphatic heterocycles. The molecular formula is C11H15F6NO3. The molecule has 0 aliphatic carbocycles. The quantitative estimate of drug-likeness (QED) is 0.460. The third-order valence-electron chi connectivity index (χ3n) is 3.25. The van der Waals surface area contributed by atoms with Gasteiger partial charge in [-0.25, -0.2) is 0 Å². The van der Waals surface area contributed by atoms with Crippen LogP contribution in [0.3, 0.4) is 0 Å². The minimum absolute atomic E-state index is 0.186. The molecule has 3 atom stereocenters. The second-order valence-corrected chi connectivity index (χ2v) is 5.11. The summed E-state index contributed by atoms with van der Waals surface area (Å²) in [5.74, 6) is -1.60. The highest BCUT2D eigenvalue weighted by molar-refractivity contribution is 5.73. The molecule has 0 saturated carbocycles. The molecule has 1 aliphatic rings. The molecule has 0 aromatic heterocycles. The average molecular weight is 323 g/mol. The van der Waals surface area contributed by atoms with Crippen LogP contribution in [-0.2, 0) is 9.53 Å². The van der Waals surface area contributed by atoms with Crippen molar-refractivity contribution in [3.8, 4) is 0 Å². The molecule has 0 radical (unpaired) electrons. The number of rotatable bonds is 5. The molecule has 2 N–H and O–H groups in total. The zero-order valence-corrected chi connectivity index (χ0v) is 11.2. The summed E-state index contributed by atoms with van der Waals surface area (Å²) in [5.41, 5.74) is -4.92. The average Bonchev–Trinajstić information content (AvgIpc) is 3.07. The van der Waals surface area contributed by atoms with Crippen LogP contribution in [0.25, 0.3) is 0 Å². The SMILES string of the molecule is CC(CC(O)(C(F)(F)F)C(F)(F)F)OC(=O)C(C)C1CN1. The standard InChI is InChI=1S/C11H15F6NO3/c1-5(21-8(19)6(2)7-4-18-7)3-9(20,10(12,13)14)11(15,16)17/h5-7,18,20H,3-4H2,1-2H3. The van der Waals surface area contributed by atoms with Crippen LogP contribution in [0.1, 0.15) is 20.3 Å². The van der Waals surface area contributed by atoms with Crippen LogP contribution in [-0.4, -0.2) is 47.7 Å². The Morgan fingerprint density at radius 3 is 2.00 bits per heavy atom. The molecule has 4 nitrogen and oxygen atoms in total. The number of carbonyl (C=O) groups is 1. The molecule has 0 bridgehead atoms. The van der Waals surface area contributed by atoms with Gasteiger partial charge in [-0.1, -0.05) is 6.92 Å². The molecule has 21 heavy (non-hydrogen) atoms. The lowest BCUT2D eigenvalue weighted by Crippen LogP contribution is -2.58. The van der Waals surface area contributed by atoms with Gasteiger partial charge in [-0.2, -0.15) is 26.3 Å². The fourth-order valence-electron chi connectivity index (χ4n) is 1.74. The number of hydrogen-bond acceptors (Lipinski definition) is 4. The number of aliphatic hydroxyl groups is 1. The van der Waals surface area contributed by atoms with E-state index in [9.17, 15) is 31.1 Å². The summed E-state index contributed by atoms with van der Waals surface area (Å²) in [5, 5.41) is 11.7. The first-order valence-electron chi connectivity index (χ1n) is 6.09. The normalized spacial score (nSPS) is 22.6. The molecule has 0 aromatic rings. The fourth-order valence-corrected chi connectivity index (χ4v) is 1.74. The van der Waals surface area contributed by atoms with Gasteiger partial charge in [-0.3, -0.25) is 4.79 Å². The predicted molar refractivity (Wildman–Crippen MR) is 58.2 cm³/mol. The minimum atomic E-state index is -5.92. The van der Waals surface area contributed by atoms with Crippen LogP contribution >= 0.6 is 0 Å². The van der Waals surface area contributed by atoms with Gasteiger partial charge in [0.1, 0.15) is 6.10 Å². The van der Waals surface area contributed by atoms with Crippen molar-refractivity contribution in [1.82, 2.24) is 5.32 Å². The number of ether oxygens (including phenoxy) is 1. The highest BCUT2D eigenvalue weighted by atomic mass is 19.4. The molecular weight excluding hydrogens is 308 g/mol. The highest BCUT2D eigenvalue weighted by Gasteiger charge is 2.70. The zero-order valence-electron chi connectivity index (χ0n) is 11.2. The first-order chi connectivity index (χ1) is 9.29. The van der Waals surface area contributed by atoms with E-state index < -0.39 is 42.4 Å². The molecule has 0 aromatic carbocycles. The summed E-state index contributed by atoms with van der Waals surface area (Å²) in [6.07, 6.45) is -15.4. The van der Waals surface area contributed by atoms with Crippen molar-refractivity contribution in [1.29, 1.82) is 0 Å². The van der Waals surface area contributed by atoms with E-state index in [0.29, 0.717) is 6.54 Å². The maximum atomic E-state index is 12.5. The van der Waals surface area contributed by atoms with Crippen molar-refractivity contribution in [3.63, 3.8) is 0 Å². The molecule has 1 saturated heterocycles. The van der Waals surface area contributed by atoms with Crippen LogP contribution in [0.4, 0.5) is 26.3 Å². The van der Waals surface area contributed by atoms with Gasteiger partial charge in [-0.05, 0) is 6.92 Å². The summed E-state index contributed by atoms with van der Waals surface area (Å²) >= 11 is 0. The van der Waals surface area contributed by atoms with Crippen LogP contribution in [0.5, 0.6) is 0 Å². The Bertz CT molecular complexity index is 376. The Labute approximate surface area is 116 Å². The van der Waals surface area contributed by atoms with Crippen molar-refractivity contribution in [3.05, 3.63) is 0 Å². The lowest BCUT2D eigenvalue weighted by atomic mass is 9.95. The first kappa shape index (κ1) is 18.0. The number of alkyl halides is 6. The van der Waals surface area contributed by atoms with Crippen molar-refractivity contribution in [2.75, 3.05) is 6.54 Å². The number of esters is 1. The second kappa shape index (κ2) is 5.64. The summed E-state index contributed by atoms with van der Waals surface area (Å²) in [6, 6.07) is -0.186. The second-order valence-electron chi connectivity index (χ2n) is 5.11. The van der Waals surface area contributed by atoms with E-state index in [0.717, 1.165) is 6.92 Å². The third kappa shape index (κ3) is 4.00. The van der Waals surface area contributed by atoms with Gasteiger partial charge in [0, 0.05) is 19.0 Å². The maximum Gasteiger partial charge on any atom is 0.426 e. The van der Waals surface area contributed by atoms with Gasteiger partial charge in [0.25, 0.3) is 5.60 Å². The third-order valence-corrected chi connectivity index (χ3v) is 3.25. The molecule has 1 fully saturated rings. The summed E-state index contributed by atoms with van der Waals surface area (Å²) < 4.78 is 79.4. The van der Waals surface area contributed by atoms with Gasteiger partial charge >= 0.3 is 18.3 Å². The van der Waals surface area contributed by atoms with Gasteiger partial charge < -0.3 is 15.2 Å². The molecule has 1 rings (SSSR count). The molecule has 1 heterocycles. The Morgan fingerprint density at radius 1 is 1.24 bits per heavy atom. The van der Waals surface area contributed by atoms with Crippen molar-refractivity contribution in [2.45, 2.75) is 50.4 Å². The van der Waals surface area contributed by atoms with Crippen LogP contribution in [0.15, 0.2) is 0 Å². The summed E-state index contributed by atoms with van der Waals surface area (Å²) in [6.45, 7) is 2.84. The van der Waals surface area contributed by atoms with Gasteiger partial charge in [0.15, 0.2) is 0 Å². The predicted octanol–water partition coefficient (Wildman–Crippen LogP) is 1.77. The van der Waals surface area contributed by atoms with E-state index in [1.165, 1.54) is 6.92 Å². The first-order valence-corrected chi connectivity index (χ1v) is 6.09. The van der Waals surface area contributed by atoms with E-state index in [1.807, 2.05) is 0 Å². The Balaban J connectivity index is 2.73. The Kier molecular flexibility index (Phi) is 4.84. The van der Waals surface area contributed by atoms with E-state index in [4.69, 9.17) is 5.11 Å². The van der Waals surface area contributed by atoms with E-state index in [1.54, 1.807) is 0 Å². The highest BCUT2D eigenvalue weighted by Crippen LogP contribution is 2.46. The van der Waals surface area contributed by atoms with E-state index >= 15 is 0 Å². The molecule has 10 heteroatoms. The Morgan fingerprint density at radius 2 is 1.67 bits per heavy atom. The van der Waals surface area contributed by atoms with Crippen molar-refractivity contribution in [2.24, 2.45) is 5.92 Å². The minimum Gasteiger partial charge on any atom is -0.462 e. The Hall–Kier alpha value is -1.03. The monoisotopic (exact) mass is 323 g/mol. The molecule has 3 unspecified atom stereocenters. The van der Waals surface area contributed by atoms with Crippen LogP contribution < -0.4 is 5.32 Å². The topological polar surface area (TPSA) is 68.5 Å². The van der Waals surface area contributed by atoms with Gasteiger partial charge in [-0.15, -0.1) is 0 Å². The largest absolute Gasteiger partial charge is 0.462 e. The summed E-state index contributed by atoms with van der Waals surface area (Å²) in [7, 11) is 0. The number of hydrogen-bond donors (Lipinski definition) is 2. The smallest absolute Gasteiger partial charge is 0.426 e. The van der Waals surface area contributed by atoms with E-state index in [-0.39, 0.29) is 6.04 Å². The molecule has 124 valence electrons. The zero-order chi connectivity index (χ0) is 16.6. The lowest BCUT2D eigenvalue weighted by Gasteiger charge is -2.34. The van der Waals surface area contributed by atoms with Crippen molar-refractivity contribution < 1.29 is 41.0 Å². The lowest BCUT2D eigenvalue weighted by molar-refractivity contribution is -0.373. The van der Waals surface area contributed by atoms with Crippen LogP contribution in [0, 0.1) is 5.92 Å². The number of halogens is 6. The maximum absolute atomic E-state index is 12.5.